The van der Waals surface area contributed by atoms with Crippen LogP contribution in [0.3, 0.4) is 0 Å². The first kappa shape index (κ1) is 25.5. The van der Waals surface area contributed by atoms with E-state index in [1.807, 2.05) is 30.3 Å². The van der Waals surface area contributed by atoms with E-state index in [2.05, 4.69) is 4.98 Å². The molecule has 184 valence electrons. The Hall–Kier alpha value is -3.60. The van der Waals surface area contributed by atoms with Crippen molar-refractivity contribution in [3.8, 4) is 22.9 Å². The van der Waals surface area contributed by atoms with Crippen LogP contribution in [0.25, 0.3) is 11.1 Å². The number of nitriles is 1. The van der Waals surface area contributed by atoms with Gasteiger partial charge in [0.15, 0.2) is 0 Å². The van der Waals surface area contributed by atoms with Crippen LogP contribution in [0, 0.1) is 18.3 Å². The molecule has 9 heteroatoms. The number of nitrogens with zero attached hydrogens (tertiary/aromatic N) is 4. The number of amides is 3. The van der Waals surface area contributed by atoms with Crippen LogP contribution < -0.4 is 9.64 Å². The van der Waals surface area contributed by atoms with E-state index in [4.69, 9.17) is 27.9 Å². The van der Waals surface area contributed by atoms with Gasteiger partial charge in [-0.1, -0.05) is 23.2 Å². The molecule has 0 N–H and O–H groups in total. The van der Waals surface area contributed by atoms with Crippen LogP contribution >= 0.6 is 23.2 Å². The highest BCUT2D eigenvalue weighted by Gasteiger charge is 2.51. The first-order valence-corrected chi connectivity index (χ1v) is 12.1. The molecule has 0 saturated carbocycles. The lowest BCUT2D eigenvalue weighted by Crippen LogP contribution is -2.44. The van der Waals surface area contributed by atoms with Crippen LogP contribution in [0.15, 0.2) is 54.9 Å². The molecule has 1 aliphatic heterocycles. The second kappa shape index (κ2) is 10.2. The number of urea groups is 1. The van der Waals surface area contributed by atoms with Gasteiger partial charge in [-0.15, -0.1) is 0 Å². The summed E-state index contributed by atoms with van der Waals surface area (Å²) in [5, 5.41) is 9.99. The van der Waals surface area contributed by atoms with E-state index in [1.165, 1.54) is 11.0 Å². The van der Waals surface area contributed by atoms with Crippen molar-refractivity contribution in [2.45, 2.75) is 32.7 Å². The Kier molecular flexibility index (Phi) is 7.21. The lowest BCUT2D eigenvalue weighted by Gasteiger charge is -2.27. The molecule has 36 heavy (non-hydrogen) atoms. The van der Waals surface area contributed by atoms with Crippen molar-refractivity contribution in [1.82, 2.24) is 9.88 Å². The predicted molar refractivity (Wildman–Crippen MR) is 139 cm³/mol. The summed E-state index contributed by atoms with van der Waals surface area (Å²) in [7, 11) is 0. The number of carbonyl (C=O) groups excluding carboxylic acids is 2. The van der Waals surface area contributed by atoms with E-state index in [9.17, 15) is 14.9 Å². The average molecular weight is 523 g/mol. The summed E-state index contributed by atoms with van der Waals surface area (Å²) in [6, 6.07) is 13.9. The number of anilines is 1. The normalized spacial score (nSPS) is 14.8. The zero-order valence-corrected chi connectivity index (χ0v) is 21.6. The molecule has 3 aromatic rings. The summed E-state index contributed by atoms with van der Waals surface area (Å²) in [6.45, 7) is 5.77. The van der Waals surface area contributed by atoms with Crippen LogP contribution in [0.2, 0.25) is 10.0 Å². The molecule has 0 aliphatic carbocycles. The monoisotopic (exact) mass is 522 g/mol. The van der Waals surface area contributed by atoms with E-state index in [0.717, 1.165) is 16.0 Å². The van der Waals surface area contributed by atoms with Crippen molar-refractivity contribution in [1.29, 1.82) is 5.26 Å². The molecule has 0 atom stereocenters. The third-order valence-corrected chi connectivity index (χ3v) is 7.07. The zero-order valence-electron chi connectivity index (χ0n) is 20.1. The number of pyridine rings is 1. The largest absolute Gasteiger partial charge is 0.493 e. The van der Waals surface area contributed by atoms with Gasteiger partial charge >= 0.3 is 6.03 Å². The smallest absolute Gasteiger partial charge is 0.332 e. The molecule has 1 fully saturated rings. The maximum atomic E-state index is 13.3. The molecule has 1 aliphatic rings. The molecule has 1 aromatic heterocycles. The molecule has 2 heterocycles. The Labute approximate surface area is 219 Å². The van der Waals surface area contributed by atoms with Gasteiger partial charge in [0.2, 0.25) is 0 Å². The highest BCUT2D eigenvalue weighted by molar-refractivity contribution is 6.34. The van der Waals surface area contributed by atoms with E-state index in [-0.39, 0.29) is 10.9 Å². The van der Waals surface area contributed by atoms with Gasteiger partial charge in [-0.3, -0.25) is 9.78 Å². The molecular weight excluding hydrogens is 499 g/mol. The highest BCUT2D eigenvalue weighted by atomic mass is 35.5. The molecule has 0 unspecified atom stereocenters. The van der Waals surface area contributed by atoms with Crippen molar-refractivity contribution in [2.75, 3.05) is 18.1 Å². The summed E-state index contributed by atoms with van der Waals surface area (Å²) >= 11 is 12.7. The number of ether oxygens (including phenoxy) is 1. The second-order valence-corrected chi connectivity index (χ2v) is 9.68. The number of imide groups is 1. The molecular formula is C27H24Cl2N4O3. The lowest BCUT2D eigenvalue weighted by molar-refractivity contribution is -0.123. The molecule has 4 rings (SSSR count). The van der Waals surface area contributed by atoms with Crippen molar-refractivity contribution >= 4 is 40.8 Å². The van der Waals surface area contributed by atoms with Crippen molar-refractivity contribution in [3.05, 3.63) is 76.0 Å². The van der Waals surface area contributed by atoms with E-state index < -0.39 is 11.6 Å². The summed E-state index contributed by atoms with van der Waals surface area (Å²) in [5.74, 6) is 0.265. The van der Waals surface area contributed by atoms with Crippen molar-refractivity contribution in [3.63, 3.8) is 0 Å². The Morgan fingerprint density at radius 1 is 1.08 bits per heavy atom. The maximum absolute atomic E-state index is 13.3. The van der Waals surface area contributed by atoms with Gasteiger partial charge in [0.05, 0.1) is 27.9 Å². The number of rotatable bonds is 7. The van der Waals surface area contributed by atoms with Gasteiger partial charge in [-0.25, -0.2) is 9.69 Å². The van der Waals surface area contributed by atoms with Crippen molar-refractivity contribution < 1.29 is 14.3 Å². The van der Waals surface area contributed by atoms with Crippen molar-refractivity contribution in [2.24, 2.45) is 0 Å². The van der Waals surface area contributed by atoms with Gasteiger partial charge < -0.3 is 9.64 Å². The van der Waals surface area contributed by atoms with Crippen LogP contribution in [-0.2, 0) is 4.79 Å². The average Bonchev–Trinajstić information content (AvgIpc) is 3.03. The third kappa shape index (κ3) is 4.62. The maximum Gasteiger partial charge on any atom is 0.332 e. The van der Waals surface area contributed by atoms with Crippen LogP contribution in [-0.4, -0.2) is 40.5 Å². The Bertz CT molecular complexity index is 1370. The van der Waals surface area contributed by atoms with Gasteiger partial charge in [-0.2, -0.15) is 5.26 Å². The summed E-state index contributed by atoms with van der Waals surface area (Å²) in [6.07, 6.45) is 3.92. The van der Waals surface area contributed by atoms with Gasteiger partial charge in [0.25, 0.3) is 5.91 Å². The van der Waals surface area contributed by atoms with Gasteiger partial charge in [0, 0.05) is 24.5 Å². The number of halogens is 2. The first-order chi connectivity index (χ1) is 17.2. The van der Waals surface area contributed by atoms with Crippen LogP contribution in [0.5, 0.6) is 5.75 Å². The fourth-order valence-corrected chi connectivity index (χ4v) is 4.67. The summed E-state index contributed by atoms with van der Waals surface area (Å²) in [4.78, 5) is 33.2. The standard InChI is InChI=1S/C27H24Cl2N4O3/c1-17-23(8-5-19(16-30)24(17)29)33-25(34)27(2,3)32(26(33)35)13-4-14-36-20-6-7-21(22(28)15-20)18-9-11-31-12-10-18/h5-12,15H,4,13-14H2,1-3H3. The highest BCUT2D eigenvalue weighted by Crippen LogP contribution is 2.37. The molecule has 3 amide bonds. The number of carbonyl (C=O) groups is 2. The fraction of sp³-hybridized carbons (Fsp3) is 0.259. The number of benzene rings is 2. The molecule has 1 saturated heterocycles. The SMILES string of the molecule is Cc1c(N2C(=O)N(CCCOc3ccc(-c4ccncc4)c(Cl)c3)C(C)(C)C2=O)ccc(C#N)c1Cl. The quantitative estimate of drug-likeness (QED) is 0.270. The zero-order chi connectivity index (χ0) is 26.0. The molecule has 0 bridgehead atoms. The number of hydrogen-bond donors (Lipinski definition) is 0. The molecule has 0 radical (unpaired) electrons. The first-order valence-electron chi connectivity index (χ1n) is 11.3. The molecule has 7 nitrogen and oxygen atoms in total. The summed E-state index contributed by atoms with van der Waals surface area (Å²) in [5.41, 5.74) is 1.98. The van der Waals surface area contributed by atoms with Crippen LogP contribution in [0.4, 0.5) is 10.5 Å². The van der Waals surface area contributed by atoms with Crippen LogP contribution in [0.1, 0.15) is 31.4 Å². The van der Waals surface area contributed by atoms with E-state index >= 15 is 0 Å². The summed E-state index contributed by atoms with van der Waals surface area (Å²) < 4.78 is 5.86. The Morgan fingerprint density at radius 3 is 2.47 bits per heavy atom. The van der Waals surface area contributed by atoms with Gasteiger partial charge in [-0.05, 0) is 80.8 Å². The minimum absolute atomic E-state index is 0.230. The van der Waals surface area contributed by atoms with E-state index in [1.54, 1.807) is 45.3 Å². The van der Waals surface area contributed by atoms with Gasteiger partial charge in [0.1, 0.15) is 17.4 Å². The number of aromatic nitrogens is 1. The molecule has 0 spiro atoms. The third-order valence-electron chi connectivity index (χ3n) is 6.27. The Morgan fingerprint density at radius 2 is 1.81 bits per heavy atom. The minimum atomic E-state index is -1.04. The Balaban J connectivity index is 1.42. The fourth-order valence-electron chi connectivity index (χ4n) is 4.19. The topological polar surface area (TPSA) is 86.5 Å². The molecule has 2 aromatic carbocycles. The minimum Gasteiger partial charge on any atom is -0.493 e. The predicted octanol–water partition coefficient (Wildman–Crippen LogP) is 6.25. The van der Waals surface area contributed by atoms with E-state index in [0.29, 0.717) is 47.2 Å². The lowest BCUT2D eigenvalue weighted by atomic mass is 10.0. The number of hydrogen-bond acceptors (Lipinski definition) is 5. The second-order valence-electron chi connectivity index (χ2n) is 8.90.